The van der Waals surface area contributed by atoms with Crippen molar-refractivity contribution in [2.24, 2.45) is 5.92 Å². The summed E-state index contributed by atoms with van der Waals surface area (Å²) in [5.74, 6) is 1.57. The maximum Gasteiger partial charge on any atom is 0.143 e. The van der Waals surface area contributed by atoms with E-state index in [0.29, 0.717) is 23.8 Å². The molecule has 1 aromatic heterocycles. The number of ether oxygens (including phenoxy) is 1. The molecule has 6 heteroatoms. The molecule has 1 aliphatic rings. The largest absolute Gasteiger partial charge is 0.496 e. The third-order valence-electron chi connectivity index (χ3n) is 4.49. The SMILES string of the molecule is COc1ccc(F)cc1CN1CC[C@@H](CNc2ncccc2C#N)C1. The van der Waals surface area contributed by atoms with E-state index in [0.717, 1.165) is 37.4 Å². The number of methoxy groups -OCH3 is 1. The van der Waals surface area contributed by atoms with Gasteiger partial charge in [-0.25, -0.2) is 9.37 Å². The zero-order valence-corrected chi connectivity index (χ0v) is 14.2. The molecule has 1 aliphatic heterocycles. The molecule has 0 aliphatic carbocycles. The van der Waals surface area contributed by atoms with Crippen molar-refractivity contribution in [1.29, 1.82) is 5.26 Å². The lowest BCUT2D eigenvalue weighted by Crippen LogP contribution is -2.23. The number of nitrogens with zero attached hydrogens (tertiary/aromatic N) is 3. The van der Waals surface area contributed by atoms with Crippen LogP contribution in [0.1, 0.15) is 17.5 Å². The van der Waals surface area contributed by atoms with Crippen LogP contribution < -0.4 is 10.1 Å². The first-order valence-electron chi connectivity index (χ1n) is 8.33. The van der Waals surface area contributed by atoms with Gasteiger partial charge in [-0.2, -0.15) is 5.26 Å². The van der Waals surface area contributed by atoms with E-state index in [1.807, 2.05) is 0 Å². The van der Waals surface area contributed by atoms with Gasteiger partial charge in [0.2, 0.25) is 0 Å². The summed E-state index contributed by atoms with van der Waals surface area (Å²) in [5.41, 5.74) is 1.43. The van der Waals surface area contributed by atoms with Gasteiger partial charge in [0.15, 0.2) is 0 Å². The number of halogens is 1. The summed E-state index contributed by atoms with van der Waals surface area (Å²) in [6, 6.07) is 10.3. The second-order valence-electron chi connectivity index (χ2n) is 6.24. The standard InChI is InChI=1S/C19H21FN4O/c1-25-18-5-4-17(20)9-16(18)13-24-8-6-14(12-24)11-23-19-15(10-21)3-2-7-22-19/h2-5,7,9,14H,6,8,11-13H2,1H3,(H,22,23)/t14-/m0/s1. The van der Waals surface area contributed by atoms with Crippen LogP contribution in [0.4, 0.5) is 10.2 Å². The molecule has 2 aromatic rings. The summed E-state index contributed by atoms with van der Waals surface area (Å²) < 4.78 is 18.8. The van der Waals surface area contributed by atoms with Crippen molar-refractivity contribution in [3.8, 4) is 11.8 Å². The van der Waals surface area contributed by atoms with Gasteiger partial charge in [-0.3, -0.25) is 4.90 Å². The van der Waals surface area contributed by atoms with E-state index in [2.05, 4.69) is 21.3 Å². The Labute approximate surface area is 147 Å². The Hall–Kier alpha value is -2.65. The van der Waals surface area contributed by atoms with Crippen molar-refractivity contribution in [2.75, 3.05) is 32.1 Å². The van der Waals surface area contributed by atoms with Crippen LogP contribution >= 0.6 is 0 Å². The number of benzene rings is 1. The van der Waals surface area contributed by atoms with Gasteiger partial charge in [-0.1, -0.05) is 0 Å². The molecule has 5 nitrogen and oxygen atoms in total. The van der Waals surface area contributed by atoms with E-state index in [9.17, 15) is 4.39 Å². The Morgan fingerprint density at radius 2 is 2.32 bits per heavy atom. The highest BCUT2D eigenvalue weighted by molar-refractivity contribution is 5.51. The van der Waals surface area contributed by atoms with Gasteiger partial charge >= 0.3 is 0 Å². The molecule has 0 saturated carbocycles. The minimum absolute atomic E-state index is 0.243. The zero-order chi connectivity index (χ0) is 17.6. The monoisotopic (exact) mass is 340 g/mol. The van der Waals surface area contributed by atoms with Crippen molar-refractivity contribution in [3.05, 3.63) is 53.5 Å². The maximum atomic E-state index is 13.5. The first kappa shape index (κ1) is 17.2. The average molecular weight is 340 g/mol. The van der Waals surface area contributed by atoms with Gasteiger partial charge in [-0.15, -0.1) is 0 Å². The van der Waals surface area contributed by atoms with E-state index in [1.165, 1.54) is 12.1 Å². The van der Waals surface area contributed by atoms with E-state index in [1.54, 1.807) is 31.5 Å². The summed E-state index contributed by atoms with van der Waals surface area (Å²) in [6.45, 7) is 3.31. The van der Waals surface area contributed by atoms with Crippen LogP contribution in [0, 0.1) is 23.1 Å². The van der Waals surface area contributed by atoms with Crippen LogP contribution in [-0.2, 0) is 6.54 Å². The lowest BCUT2D eigenvalue weighted by Gasteiger charge is -2.18. The Balaban J connectivity index is 1.56. The molecule has 0 bridgehead atoms. The topological polar surface area (TPSA) is 61.2 Å². The molecule has 1 N–H and O–H groups in total. The summed E-state index contributed by atoms with van der Waals surface area (Å²) in [6.07, 6.45) is 2.74. The van der Waals surface area contributed by atoms with Crippen LogP contribution in [0.3, 0.4) is 0 Å². The van der Waals surface area contributed by atoms with Crippen LogP contribution in [0.25, 0.3) is 0 Å². The lowest BCUT2D eigenvalue weighted by molar-refractivity contribution is 0.309. The minimum atomic E-state index is -0.243. The van der Waals surface area contributed by atoms with Gasteiger partial charge < -0.3 is 10.1 Å². The maximum absolute atomic E-state index is 13.5. The molecule has 0 unspecified atom stereocenters. The van der Waals surface area contributed by atoms with Crippen molar-refractivity contribution < 1.29 is 9.13 Å². The van der Waals surface area contributed by atoms with E-state index in [-0.39, 0.29) is 5.82 Å². The number of nitrogens with one attached hydrogen (secondary N) is 1. The lowest BCUT2D eigenvalue weighted by atomic mass is 10.1. The molecule has 1 atom stereocenters. The molecule has 25 heavy (non-hydrogen) atoms. The predicted octanol–water partition coefficient (Wildman–Crippen LogP) is 3.03. The zero-order valence-electron chi connectivity index (χ0n) is 14.2. The quantitative estimate of drug-likeness (QED) is 0.876. The van der Waals surface area contributed by atoms with Crippen molar-refractivity contribution in [3.63, 3.8) is 0 Å². The first-order valence-corrected chi connectivity index (χ1v) is 8.33. The number of aromatic nitrogens is 1. The van der Waals surface area contributed by atoms with Gasteiger partial charge in [0.1, 0.15) is 23.5 Å². The molecule has 130 valence electrons. The van der Waals surface area contributed by atoms with Crippen molar-refractivity contribution in [2.45, 2.75) is 13.0 Å². The Morgan fingerprint density at radius 1 is 1.44 bits per heavy atom. The van der Waals surface area contributed by atoms with Gasteiger partial charge in [-0.05, 0) is 49.2 Å². The average Bonchev–Trinajstić information content (AvgIpc) is 3.08. The smallest absolute Gasteiger partial charge is 0.143 e. The number of hydrogen-bond donors (Lipinski definition) is 1. The van der Waals surface area contributed by atoms with Gasteiger partial charge in [0, 0.05) is 31.4 Å². The third kappa shape index (κ3) is 4.25. The Bertz CT molecular complexity index is 774. The number of likely N-dealkylation sites (tertiary alicyclic amines) is 1. The normalized spacial score (nSPS) is 17.2. The summed E-state index contributed by atoms with van der Waals surface area (Å²) in [7, 11) is 1.60. The highest BCUT2D eigenvalue weighted by Gasteiger charge is 2.23. The fourth-order valence-corrected chi connectivity index (χ4v) is 3.21. The van der Waals surface area contributed by atoms with Gasteiger partial charge in [0.05, 0.1) is 12.7 Å². The van der Waals surface area contributed by atoms with Gasteiger partial charge in [0.25, 0.3) is 0 Å². The van der Waals surface area contributed by atoms with Crippen LogP contribution in [-0.4, -0.2) is 36.6 Å². The fraction of sp³-hybridized carbons (Fsp3) is 0.368. The second-order valence-corrected chi connectivity index (χ2v) is 6.24. The molecule has 0 spiro atoms. The molecule has 1 fully saturated rings. The van der Waals surface area contributed by atoms with Crippen LogP contribution in [0.15, 0.2) is 36.5 Å². The molecule has 1 saturated heterocycles. The summed E-state index contributed by atoms with van der Waals surface area (Å²) >= 11 is 0. The molecule has 2 heterocycles. The molecule has 0 amide bonds. The first-order chi connectivity index (χ1) is 12.2. The molecular weight excluding hydrogens is 319 g/mol. The van der Waals surface area contributed by atoms with Crippen LogP contribution in [0.5, 0.6) is 5.75 Å². The highest BCUT2D eigenvalue weighted by Crippen LogP contribution is 2.25. The van der Waals surface area contributed by atoms with Crippen molar-refractivity contribution >= 4 is 5.82 Å². The van der Waals surface area contributed by atoms with Crippen LogP contribution in [0.2, 0.25) is 0 Å². The molecule has 0 radical (unpaired) electrons. The predicted molar refractivity (Wildman–Crippen MR) is 93.8 cm³/mol. The number of pyridine rings is 1. The number of rotatable bonds is 6. The van der Waals surface area contributed by atoms with Crippen molar-refractivity contribution in [1.82, 2.24) is 9.88 Å². The summed E-state index contributed by atoms with van der Waals surface area (Å²) in [5, 5.41) is 12.4. The molecular formula is C19H21FN4O. The second kappa shape index (κ2) is 7.95. The number of nitriles is 1. The summed E-state index contributed by atoms with van der Waals surface area (Å²) in [4.78, 5) is 6.52. The third-order valence-corrected chi connectivity index (χ3v) is 4.49. The Morgan fingerprint density at radius 3 is 3.12 bits per heavy atom. The van der Waals surface area contributed by atoms with E-state index in [4.69, 9.17) is 10.00 Å². The minimum Gasteiger partial charge on any atom is -0.496 e. The Kier molecular flexibility index (Phi) is 5.46. The number of anilines is 1. The molecule has 1 aromatic carbocycles. The fourth-order valence-electron chi connectivity index (χ4n) is 3.21. The van der Waals surface area contributed by atoms with E-state index >= 15 is 0 Å². The van der Waals surface area contributed by atoms with E-state index < -0.39 is 0 Å². The molecule has 3 rings (SSSR count). The number of hydrogen-bond acceptors (Lipinski definition) is 5. The highest BCUT2D eigenvalue weighted by atomic mass is 19.1.